The maximum absolute atomic E-state index is 13.1. The van der Waals surface area contributed by atoms with Crippen LogP contribution in [0.4, 0.5) is 8.78 Å². The molecule has 1 unspecified atom stereocenters. The molecule has 0 spiro atoms. The van der Waals surface area contributed by atoms with E-state index in [1.165, 1.54) is 30.0 Å². The number of nitrogens with two attached hydrogens (primary N) is 1. The summed E-state index contributed by atoms with van der Waals surface area (Å²) in [5.41, 5.74) is 3.61. The van der Waals surface area contributed by atoms with E-state index in [-0.39, 0.29) is 16.9 Å². The van der Waals surface area contributed by atoms with Crippen LogP contribution in [0.2, 0.25) is 5.02 Å². The van der Waals surface area contributed by atoms with E-state index in [4.69, 9.17) is 17.4 Å². The normalized spacial score (nSPS) is 12.4. The van der Waals surface area contributed by atoms with Gasteiger partial charge in [0.25, 0.3) is 0 Å². The zero-order valence-electron chi connectivity index (χ0n) is 11.2. The number of hydrogen-bond donors (Lipinski definition) is 2. The summed E-state index contributed by atoms with van der Waals surface area (Å²) >= 11 is 7.26. The van der Waals surface area contributed by atoms with Crippen molar-refractivity contribution in [3.8, 4) is 0 Å². The third-order valence-electron chi connectivity index (χ3n) is 2.95. The topological polar surface area (TPSA) is 38.0 Å². The molecule has 2 aromatic carbocycles. The predicted molar refractivity (Wildman–Crippen MR) is 83.3 cm³/mol. The summed E-state index contributed by atoms with van der Waals surface area (Å²) < 4.78 is 26.2. The molecule has 0 aliphatic rings. The molecule has 2 rings (SSSR count). The number of nitrogens with one attached hydrogen (secondary N) is 1. The molecule has 21 heavy (non-hydrogen) atoms. The van der Waals surface area contributed by atoms with Crippen molar-refractivity contribution in [1.82, 2.24) is 5.43 Å². The van der Waals surface area contributed by atoms with Crippen LogP contribution in [0.5, 0.6) is 0 Å². The van der Waals surface area contributed by atoms with E-state index in [1.807, 2.05) is 6.07 Å². The summed E-state index contributed by atoms with van der Waals surface area (Å²) in [6, 6.07) is 11.0. The van der Waals surface area contributed by atoms with E-state index in [9.17, 15) is 8.78 Å². The first-order chi connectivity index (χ1) is 10.1. The third kappa shape index (κ3) is 4.97. The lowest BCUT2D eigenvalue weighted by Gasteiger charge is -2.16. The Balaban J connectivity index is 1.95. The SMILES string of the molecule is NNC(CSc1cccc(F)c1)Cc1ccc(F)c(Cl)c1. The molecule has 2 nitrogen and oxygen atoms in total. The van der Waals surface area contributed by atoms with E-state index in [2.05, 4.69) is 5.43 Å². The molecule has 0 aromatic heterocycles. The molecule has 6 heteroatoms. The van der Waals surface area contributed by atoms with E-state index in [0.29, 0.717) is 12.2 Å². The van der Waals surface area contributed by atoms with Crippen LogP contribution in [0, 0.1) is 11.6 Å². The van der Waals surface area contributed by atoms with Gasteiger partial charge in [-0.2, -0.15) is 0 Å². The molecule has 0 aliphatic carbocycles. The third-order valence-corrected chi connectivity index (χ3v) is 4.40. The van der Waals surface area contributed by atoms with Crippen molar-refractivity contribution in [2.75, 3.05) is 5.75 Å². The number of benzene rings is 2. The number of rotatable bonds is 6. The molecule has 2 aromatic rings. The highest BCUT2D eigenvalue weighted by Gasteiger charge is 2.10. The summed E-state index contributed by atoms with van der Waals surface area (Å²) in [7, 11) is 0. The fraction of sp³-hybridized carbons (Fsp3) is 0.200. The molecule has 0 bridgehead atoms. The second-order valence-electron chi connectivity index (χ2n) is 4.58. The Morgan fingerprint density at radius 3 is 2.67 bits per heavy atom. The number of halogens is 3. The van der Waals surface area contributed by atoms with Crippen LogP contribution in [0.25, 0.3) is 0 Å². The predicted octanol–water partition coefficient (Wildman–Crippen LogP) is 3.78. The Hall–Kier alpha value is -1.14. The van der Waals surface area contributed by atoms with Crippen LogP contribution in [-0.2, 0) is 6.42 Å². The van der Waals surface area contributed by atoms with Gasteiger partial charge in [-0.15, -0.1) is 11.8 Å². The zero-order chi connectivity index (χ0) is 15.2. The molecule has 0 aliphatic heterocycles. The van der Waals surface area contributed by atoms with Gasteiger partial charge in [-0.3, -0.25) is 11.3 Å². The fourth-order valence-electron chi connectivity index (χ4n) is 1.87. The molecule has 112 valence electrons. The van der Waals surface area contributed by atoms with Crippen LogP contribution in [0.3, 0.4) is 0 Å². The van der Waals surface area contributed by atoms with Gasteiger partial charge in [0.1, 0.15) is 11.6 Å². The lowest BCUT2D eigenvalue weighted by Crippen LogP contribution is -2.38. The second-order valence-corrected chi connectivity index (χ2v) is 6.09. The monoisotopic (exact) mass is 328 g/mol. The van der Waals surface area contributed by atoms with Crippen molar-refractivity contribution in [2.24, 2.45) is 5.84 Å². The Morgan fingerprint density at radius 1 is 1.19 bits per heavy atom. The first-order valence-corrected chi connectivity index (χ1v) is 7.73. The maximum atomic E-state index is 13.1. The van der Waals surface area contributed by atoms with Crippen molar-refractivity contribution in [3.05, 3.63) is 64.7 Å². The summed E-state index contributed by atoms with van der Waals surface area (Å²) in [4.78, 5) is 0.840. The summed E-state index contributed by atoms with van der Waals surface area (Å²) in [5, 5.41) is 0.0982. The molecule has 0 heterocycles. The van der Waals surface area contributed by atoms with Gasteiger partial charge in [0.05, 0.1) is 5.02 Å². The van der Waals surface area contributed by atoms with E-state index >= 15 is 0 Å². The van der Waals surface area contributed by atoms with Gasteiger partial charge < -0.3 is 0 Å². The van der Waals surface area contributed by atoms with Crippen molar-refractivity contribution in [3.63, 3.8) is 0 Å². The van der Waals surface area contributed by atoms with Gasteiger partial charge in [0.15, 0.2) is 0 Å². The second kappa shape index (κ2) is 7.75. The Labute approximate surface area is 131 Å². The van der Waals surface area contributed by atoms with Crippen LogP contribution in [0.15, 0.2) is 47.4 Å². The summed E-state index contributed by atoms with van der Waals surface area (Å²) in [5.74, 6) is 5.50. The standard InChI is InChI=1S/C15H15ClF2N2S/c16-14-7-10(4-5-15(14)18)6-12(20-19)9-21-13-3-1-2-11(17)8-13/h1-5,7-8,12,20H,6,9,19H2. The van der Waals surface area contributed by atoms with Crippen LogP contribution >= 0.6 is 23.4 Å². The highest BCUT2D eigenvalue weighted by Crippen LogP contribution is 2.22. The fourth-order valence-corrected chi connectivity index (χ4v) is 3.05. The van der Waals surface area contributed by atoms with Gasteiger partial charge in [-0.1, -0.05) is 23.7 Å². The summed E-state index contributed by atoms with van der Waals surface area (Å²) in [6.45, 7) is 0. The van der Waals surface area contributed by atoms with Gasteiger partial charge in [-0.05, 0) is 42.3 Å². The van der Waals surface area contributed by atoms with E-state index in [0.717, 1.165) is 10.5 Å². The Bertz CT molecular complexity index is 610. The molecule has 0 saturated heterocycles. The van der Waals surface area contributed by atoms with Gasteiger partial charge in [-0.25, -0.2) is 8.78 Å². The molecule has 0 fully saturated rings. The van der Waals surface area contributed by atoms with Crippen molar-refractivity contribution < 1.29 is 8.78 Å². The van der Waals surface area contributed by atoms with Crippen LogP contribution < -0.4 is 11.3 Å². The van der Waals surface area contributed by atoms with Gasteiger partial charge in [0.2, 0.25) is 0 Å². The highest BCUT2D eigenvalue weighted by molar-refractivity contribution is 7.99. The average Bonchev–Trinajstić information content (AvgIpc) is 2.47. The first kappa shape index (κ1) is 16.2. The molecule has 3 N–H and O–H groups in total. The van der Waals surface area contributed by atoms with Crippen LogP contribution in [-0.4, -0.2) is 11.8 Å². The molecular weight excluding hydrogens is 314 g/mol. The minimum atomic E-state index is -0.438. The van der Waals surface area contributed by atoms with Crippen molar-refractivity contribution in [2.45, 2.75) is 17.4 Å². The largest absolute Gasteiger partial charge is 0.271 e. The molecule has 0 radical (unpaired) electrons. The van der Waals surface area contributed by atoms with Gasteiger partial charge in [0, 0.05) is 16.7 Å². The quantitative estimate of drug-likeness (QED) is 0.481. The van der Waals surface area contributed by atoms with E-state index in [1.54, 1.807) is 18.2 Å². The van der Waals surface area contributed by atoms with Crippen molar-refractivity contribution >= 4 is 23.4 Å². The molecule has 1 atom stereocenters. The van der Waals surface area contributed by atoms with Gasteiger partial charge >= 0.3 is 0 Å². The molecule has 0 amide bonds. The smallest absolute Gasteiger partial charge is 0.141 e. The molecular formula is C15H15ClF2N2S. The molecule has 0 saturated carbocycles. The van der Waals surface area contributed by atoms with E-state index < -0.39 is 5.82 Å². The highest BCUT2D eigenvalue weighted by atomic mass is 35.5. The Morgan fingerprint density at radius 2 is 2.00 bits per heavy atom. The zero-order valence-corrected chi connectivity index (χ0v) is 12.7. The number of thioether (sulfide) groups is 1. The maximum Gasteiger partial charge on any atom is 0.141 e. The Kier molecular flexibility index (Phi) is 5.99. The lowest BCUT2D eigenvalue weighted by molar-refractivity contribution is 0.573. The van der Waals surface area contributed by atoms with Crippen LogP contribution in [0.1, 0.15) is 5.56 Å². The average molecular weight is 329 g/mol. The first-order valence-electron chi connectivity index (χ1n) is 6.37. The minimum Gasteiger partial charge on any atom is -0.271 e. The summed E-state index contributed by atoms with van der Waals surface area (Å²) in [6.07, 6.45) is 0.610. The van der Waals surface area contributed by atoms with Crippen molar-refractivity contribution in [1.29, 1.82) is 0 Å². The lowest BCUT2D eigenvalue weighted by atomic mass is 10.1. The minimum absolute atomic E-state index is 0.0280. The number of hydrogen-bond acceptors (Lipinski definition) is 3. The number of hydrazine groups is 1.